The van der Waals surface area contributed by atoms with Crippen molar-refractivity contribution in [1.82, 2.24) is 5.32 Å². The molecule has 0 unspecified atom stereocenters. The number of aromatic nitrogens is 1. The molecule has 1 aromatic heterocycles. The highest BCUT2D eigenvalue weighted by Gasteiger charge is 2.20. The van der Waals surface area contributed by atoms with Crippen molar-refractivity contribution in [2.24, 2.45) is 0 Å². The van der Waals surface area contributed by atoms with Crippen LogP contribution in [-0.4, -0.2) is 5.54 Å². The van der Waals surface area contributed by atoms with Crippen molar-refractivity contribution in [3.8, 4) is 0 Å². The number of nitrogens with zero attached hydrogens (tertiary/aromatic N) is 1. The van der Waals surface area contributed by atoms with Gasteiger partial charge < -0.3 is 5.32 Å². The van der Waals surface area contributed by atoms with Gasteiger partial charge in [-0.2, -0.15) is 0 Å². The number of hydrogen-bond acceptors (Lipinski definition) is 1. The normalized spacial score (nSPS) is 13.8. The molecule has 0 aliphatic carbocycles. The first-order valence-corrected chi connectivity index (χ1v) is 7.26. The van der Waals surface area contributed by atoms with Gasteiger partial charge in [-0.05, 0) is 51.1 Å². The zero-order valence-corrected chi connectivity index (χ0v) is 14.0. The SMILES string of the molecule is C/C=C(\C=C/NC(C)(C)C)c1cc[n+](C(C)(C)C)cc1. The second-order valence-electron chi connectivity index (χ2n) is 7.14. The fourth-order valence-corrected chi connectivity index (χ4v) is 1.81. The quantitative estimate of drug-likeness (QED) is 0.649. The molecule has 0 aliphatic rings. The van der Waals surface area contributed by atoms with Gasteiger partial charge in [0.05, 0.1) is 0 Å². The maximum Gasteiger partial charge on any atom is 0.169 e. The summed E-state index contributed by atoms with van der Waals surface area (Å²) in [6.45, 7) is 15.1. The van der Waals surface area contributed by atoms with Crippen molar-refractivity contribution in [1.29, 1.82) is 0 Å². The van der Waals surface area contributed by atoms with E-state index in [1.807, 2.05) is 6.20 Å². The van der Waals surface area contributed by atoms with Gasteiger partial charge in [0, 0.05) is 38.4 Å². The highest BCUT2D eigenvalue weighted by molar-refractivity contribution is 5.73. The van der Waals surface area contributed by atoms with E-state index in [0.29, 0.717) is 0 Å². The van der Waals surface area contributed by atoms with Crippen LogP contribution in [0.1, 0.15) is 54.0 Å². The predicted octanol–water partition coefficient (Wildman–Crippen LogP) is 4.03. The lowest BCUT2D eigenvalue weighted by atomic mass is 10.0. The van der Waals surface area contributed by atoms with Crippen LogP contribution >= 0.6 is 0 Å². The average molecular weight is 273 g/mol. The Morgan fingerprint density at radius 2 is 1.60 bits per heavy atom. The highest BCUT2D eigenvalue weighted by atomic mass is 15.0. The third-order valence-electron chi connectivity index (χ3n) is 3.03. The summed E-state index contributed by atoms with van der Waals surface area (Å²) >= 11 is 0. The van der Waals surface area contributed by atoms with E-state index in [1.165, 1.54) is 11.1 Å². The number of allylic oxidation sites excluding steroid dienone is 3. The van der Waals surface area contributed by atoms with Crippen LogP contribution < -0.4 is 9.88 Å². The van der Waals surface area contributed by atoms with Gasteiger partial charge in [0.25, 0.3) is 0 Å². The third-order valence-corrected chi connectivity index (χ3v) is 3.03. The Morgan fingerprint density at radius 1 is 1.05 bits per heavy atom. The topological polar surface area (TPSA) is 15.9 Å². The summed E-state index contributed by atoms with van der Waals surface area (Å²) < 4.78 is 2.22. The maximum absolute atomic E-state index is 3.37. The van der Waals surface area contributed by atoms with Crippen LogP contribution in [0.2, 0.25) is 0 Å². The minimum atomic E-state index is 0.0985. The Balaban J connectivity index is 2.87. The van der Waals surface area contributed by atoms with Crippen molar-refractivity contribution < 1.29 is 4.57 Å². The lowest BCUT2D eigenvalue weighted by Crippen LogP contribution is -2.49. The van der Waals surface area contributed by atoms with E-state index in [-0.39, 0.29) is 11.1 Å². The second-order valence-corrected chi connectivity index (χ2v) is 7.14. The molecule has 0 saturated heterocycles. The Bertz CT molecular complexity index is 480. The summed E-state index contributed by atoms with van der Waals surface area (Å²) in [6.07, 6.45) is 10.6. The second kappa shape index (κ2) is 6.25. The predicted molar refractivity (Wildman–Crippen MR) is 87.3 cm³/mol. The van der Waals surface area contributed by atoms with Crippen LogP contribution in [0.5, 0.6) is 0 Å². The molecule has 20 heavy (non-hydrogen) atoms. The molecule has 0 aromatic carbocycles. The number of rotatable bonds is 3. The Hall–Kier alpha value is -1.57. The Morgan fingerprint density at radius 3 is 2.00 bits per heavy atom. The van der Waals surface area contributed by atoms with Gasteiger partial charge >= 0.3 is 0 Å². The fraction of sp³-hybridized carbons (Fsp3) is 0.500. The van der Waals surface area contributed by atoms with E-state index in [1.54, 1.807) is 0 Å². The lowest BCUT2D eigenvalue weighted by molar-refractivity contribution is -0.754. The van der Waals surface area contributed by atoms with Crippen molar-refractivity contribution in [2.75, 3.05) is 0 Å². The Labute approximate surface area is 124 Å². The molecule has 0 bridgehead atoms. The fourth-order valence-electron chi connectivity index (χ4n) is 1.81. The molecule has 0 radical (unpaired) electrons. The molecule has 0 fully saturated rings. The zero-order valence-electron chi connectivity index (χ0n) is 14.0. The van der Waals surface area contributed by atoms with E-state index in [2.05, 4.69) is 95.0 Å². The van der Waals surface area contributed by atoms with Crippen molar-refractivity contribution >= 4 is 5.57 Å². The van der Waals surface area contributed by atoms with Crippen molar-refractivity contribution in [3.05, 3.63) is 48.4 Å². The molecule has 0 aliphatic heterocycles. The van der Waals surface area contributed by atoms with Crippen LogP contribution in [0.3, 0.4) is 0 Å². The minimum Gasteiger partial charge on any atom is -0.386 e. The monoisotopic (exact) mass is 273 g/mol. The minimum absolute atomic E-state index is 0.0985. The number of pyridine rings is 1. The molecule has 1 rings (SSSR count). The van der Waals surface area contributed by atoms with Crippen LogP contribution in [0.25, 0.3) is 5.57 Å². The van der Waals surface area contributed by atoms with Crippen LogP contribution in [-0.2, 0) is 5.54 Å². The molecule has 0 saturated carbocycles. The largest absolute Gasteiger partial charge is 0.386 e. The highest BCUT2D eigenvalue weighted by Crippen LogP contribution is 2.15. The number of hydrogen-bond donors (Lipinski definition) is 1. The summed E-state index contributed by atoms with van der Waals surface area (Å²) in [5, 5.41) is 3.37. The summed E-state index contributed by atoms with van der Waals surface area (Å²) in [5.74, 6) is 0. The van der Waals surface area contributed by atoms with Crippen molar-refractivity contribution in [3.63, 3.8) is 0 Å². The van der Waals surface area contributed by atoms with E-state index in [9.17, 15) is 0 Å². The van der Waals surface area contributed by atoms with Gasteiger partial charge in [0.1, 0.15) is 0 Å². The van der Waals surface area contributed by atoms with Gasteiger partial charge in [-0.15, -0.1) is 0 Å². The standard InChI is InChI=1S/C18H29N2/c1-8-15(9-12-19-17(2,3)4)16-10-13-20(14-11-16)18(5,6)7/h8-14,19H,1-7H3/q+1/b12-9-,15-8+. The van der Waals surface area contributed by atoms with E-state index < -0.39 is 0 Å². The molecule has 0 atom stereocenters. The molecule has 1 aromatic rings. The molecule has 110 valence electrons. The van der Waals surface area contributed by atoms with Crippen LogP contribution in [0.4, 0.5) is 0 Å². The van der Waals surface area contributed by atoms with Crippen LogP contribution in [0, 0.1) is 0 Å². The smallest absolute Gasteiger partial charge is 0.169 e. The summed E-state index contributed by atoms with van der Waals surface area (Å²) in [5.41, 5.74) is 2.68. The van der Waals surface area contributed by atoms with Gasteiger partial charge in [0.2, 0.25) is 0 Å². The molecular formula is C18H29N2+. The zero-order chi connectivity index (χ0) is 15.4. The lowest BCUT2D eigenvalue weighted by Gasteiger charge is -2.18. The van der Waals surface area contributed by atoms with Gasteiger partial charge in [-0.3, -0.25) is 0 Å². The first-order chi connectivity index (χ1) is 9.13. The average Bonchev–Trinajstić information content (AvgIpc) is 2.32. The molecule has 1 N–H and O–H groups in total. The Kier molecular flexibility index (Phi) is 5.15. The van der Waals surface area contributed by atoms with Gasteiger partial charge in [-0.1, -0.05) is 6.08 Å². The van der Waals surface area contributed by atoms with Gasteiger partial charge in [0.15, 0.2) is 17.9 Å². The summed E-state index contributed by atoms with van der Waals surface area (Å²) in [7, 11) is 0. The summed E-state index contributed by atoms with van der Waals surface area (Å²) in [6, 6.07) is 4.34. The van der Waals surface area contributed by atoms with E-state index in [4.69, 9.17) is 0 Å². The molecule has 0 amide bonds. The molecule has 0 spiro atoms. The van der Waals surface area contributed by atoms with E-state index in [0.717, 1.165) is 0 Å². The third kappa shape index (κ3) is 5.20. The molecular weight excluding hydrogens is 244 g/mol. The van der Waals surface area contributed by atoms with E-state index >= 15 is 0 Å². The summed E-state index contributed by atoms with van der Waals surface area (Å²) in [4.78, 5) is 0. The van der Waals surface area contributed by atoms with Crippen molar-refractivity contribution in [2.45, 2.75) is 59.5 Å². The molecule has 2 nitrogen and oxygen atoms in total. The van der Waals surface area contributed by atoms with Crippen LogP contribution in [0.15, 0.2) is 42.9 Å². The first kappa shape index (κ1) is 16.5. The number of nitrogens with one attached hydrogen (secondary N) is 1. The molecule has 2 heteroatoms. The molecule has 1 heterocycles. The first-order valence-electron chi connectivity index (χ1n) is 7.26. The van der Waals surface area contributed by atoms with Gasteiger partial charge in [-0.25, -0.2) is 4.57 Å². The maximum atomic E-state index is 3.37.